The van der Waals surface area contributed by atoms with Crippen LogP contribution in [0.5, 0.6) is 0 Å². The van der Waals surface area contributed by atoms with Gasteiger partial charge in [0.15, 0.2) is 0 Å². The Morgan fingerprint density at radius 2 is 2.50 bits per heavy atom. The molecule has 0 aromatic rings. The van der Waals surface area contributed by atoms with Gasteiger partial charge in [-0.2, -0.15) is 0 Å². The average molecular weight is 141 g/mol. The number of rotatable bonds is 3. The summed E-state index contributed by atoms with van der Waals surface area (Å²) < 4.78 is 0. The van der Waals surface area contributed by atoms with E-state index in [0.717, 1.165) is 25.9 Å². The van der Waals surface area contributed by atoms with Crippen molar-refractivity contribution in [1.29, 1.82) is 0 Å². The van der Waals surface area contributed by atoms with Crippen LogP contribution in [-0.4, -0.2) is 30.6 Å². The Kier molecular flexibility index (Phi) is 2.54. The van der Waals surface area contributed by atoms with Crippen LogP contribution in [-0.2, 0) is 0 Å². The molecule has 1 aliphatic heterocycles. The van der Waals surface area contributed by atoms with Crippen molar-refractivity contribution in [3.05, 3.63) is 0 Å². The van der Waals surface area contributed by atoms with Gasteiger partial charge in [-0.15, -0.1) is 0 Å². The van der Waals surface area contributed by atoms with Crippen LogP contribution < -0.4 is 5.32 Å². The minimum Gasteiger partial charge on any atom is -0.321 e. The van der Waals surface area contributed by atoms with Gasteiger partial charge < -0.3 is 4.90 Å². The summed E-state index contributed by atoms with van der Waals surface area (Å²) >= 11 is 0. The quantitative estimate of drug-likeness (QED) is 0.573. The van der Waals surface area contributed by atoms with Crippen molar-refractivity contribution < 1.29 is 4.79 Å². The van der Waals surface area contributed by atoms with Gasteiger partial charge in [-0.3, -0.25) is 0 Å². The molecule has 1 radical (unpaired) electrons. The van der Waals surface area contributed by atoms with Gasteiger partial charge >= 0.3 is 6.03 Å². The zero-order valence-electron chi connectivity index (χ0n) is 6.34. The van der Waals surface area contributed by atoms with E-state index in [-0.39, 0.29) is 6.03 Å². The second-order valence-electron chi connectivity index (χ2n) is 2.50. The highest BCUT2D eigenvalue weighted by atomic mass is 16.2. The Morgan fingerprint density at radius 1 is 1.70 bits per heavy atom. The van der Waals surface area contributed by atoms with Crippen LogP contribution in [0.15, 0.2) is 0 Å². The molecule has 0 atom stereocenters. The first-order valence-electron chi connectivity index (χ1n) is 3.81. The maximum absolute atomic E-state index is 10.8. The summed E-state index contributed by atoms with van der Waals surface area (Å²) in [5, 5.41) is 3.76. The molecule has 1 saturated heterocycles. The smallest absolute Gasteiger partial charge is 0.321 e. The summed E-state index contributed by atoms with van der Waals surface area (Å²) in [7, 11) is 0. The van der Waals surface area contributed by atoms with Crippen molar-refractivity contribution in [2.45, 2.75) is 19.8 Å². The Labute approximate surface area is 61.4 Å². The fraction of sp³-hybridized carbons (Fsp3) is 0.857. The van der Waals surface area contributed by atoms with Gasteiger partial charge in [0, 0.05) is 13.1 Å². The first-order valence-corrected chi connectivity index (χ1v) is 3.81. The number of hydrogen-bond donors (Lipinski definition) is 0. The van der Waals surface area contributed by atoms with Crippen LogP contribution >= 0.6 is 0 Å². The molecule has 1 aliphatic rings. The molecule has 0 bridgehead atoms. The number of hydrogen-bond acceptors (Lipinski definition) is 1. The largest absolute Gasteiger partial charge is 0.339 e. The van der Waals surface area contributed by atoms with E-state index < -0.39 is 0 Å². The van der Waals surface area contributed by atoms with E-state index >= 15 is 0 Å². The highest BCUT2D eigenvalue weighted by Gasteiger charge is 2.19. The van der Waals surface area contributed by atoms with E-state index in [1.165, 1.54) is 0 Å². The molecule has 57 valence electrons. The molecule has 0 unspecified atom stereocenters. The van der Waals surface area contributed by atoms with Gasteiger partial charge in [-0.1, -0.05) is 13.3 Å². The number of carbonyl (C=O) groups is 1. The zero-order chi connectivity index (χ0) is 7.40. The molecule has 10 heavy (non-hydrogen) atoms. The van der Waals surface area contributed by atoms with Crippen LogP contribution in [0.1, 0.15) is 19.8 Å². The molecule has 0 spiro atoms. The molecule has 0 aliphatic carbocycles. The van der Waals surface area contributed by atoms with Crippen LogP contribution in [0.25, 0.3) is 0 Å². The van der Waals surface area contributed by atoms with Gasteiger partial charge in [0.25, 0.3) is 0 Å². The second kappa shape index (κ2) is 3.44. The van der Waals surface area contributed by atoms with E-state index in [1.807, 2.05) is 4.90 Å². The highest BCUT2D eigenvalue weighted by Crippen LogP contribution is 2.00. The second-order valence-corrected chi connectivity index (χ2v) is 2.50. The van der Waals surface area contributed by atoms with Crippen LogP contribution in [0, 0.1) is 0 Å². The molecule has 0 saturated carbocycles. The monoisotopic (exact) mass is 141 g/mol. The average Bonchev–Trinajstić information content (AvgIpc) is 2.31. The lowest BCUT2D eigenvalue weighted by atomic mass is 10.3. The molecule has 0 N–H and O–H groups in total. The minimum absolute atomic E-state index is 0.0200. The van der Waals surface area contributed by atoms with E-state index in [2.05, 4.69) is 12.2 Å². The zero-order valence-corrected chi connectivity index (χ0v) is 6.34. The number of amides is 2. The summed E-state index contributed by atoms with van der Waals surface area (Å²) in [5.74, 6) is 0. The molecule has 0 aromatic carbocycles. The summed E-state index contributed by atoms with van der Waals surface area (Å²) in [4.78, 5) is 12.6. The van der Waals surface area contributed by atoms with Crippen molar-refractivity contribution in [1.82, 2.24) is 10.2 Å². The first kappa shape index (κ1) is 7.38. The van der Waals surface area contributed by atoms with Crippen molar-refractivity contribution in [2.24, 2.45) is 0 Å². The van der Waals surface area contributed by atoms with Gasteiger partial charge in [0.2, 0.25) is 0 Å². The number of unbranched alkanes of at least 4 members (excludes halogenated alkanes) is 1. The minimum atomic E-state index is -0.0200. The number of carbonyl (C=O) groups excluding carboxylic acids is 1. The van der Waals surface area contributed by atoms with Crippen LogP contribution in [0.2, 0.25) is 0 Å². The van der Waals surface area contributed by atoms with Crippen molar-refractivity contribution in [3.8, 4) is 0 Å². The lowest BCUT2D eigenvalue weighted by Crippen LogP contribution is -2.26. The fourth-order valence-electron chi connectivity index (χ4n) is 1.02. The molecule has 2 amide bonds. The summed E-state index contributed by atoms with van der Waals surface area (Å²) in [6, 6.07) is -0.0200. The van der Waals surface area contributed by atoms with E-state index in [0.29, 0.717) is 6.54 Å². The molecule has 1 heterocycles. The standard InChI is InChI=1S/C7H13N2O/c1-2-3-5-9-6-4-8-7(9)10/h2-6H2,1H3. The fourth-order valence-corrected chi connectivity index (χ4v) is 1.02. The molecule has 1 fully saturated rings. The highest BCUT2D eigenvalue weighted by molar-refractivity contribution is 5.75. The van der Waals surface area contributed by atoms with Crippen LogP contribution in [0.3, 0.4) is 0 Å². The van der Waals surface area contributed by atoms with Gasteiger partial charge in [0.1, 0.15) is 0 Å². The lowest BCUT2D eigenvalue weighted by Gasteiger charge is -2.11. The number of urea groups is 1. The third-order valence-corrected chi connectivity index (χ3v) is 1.67. The maximum Gasteiger partial charge on any atom is 0.339 e. The van der Waals surface area contributed by atoms with E-state index in [4.69, 9.17) is 0 Å². The molecule has 1 rings (SSSR count). The van der Waals surface area contributed by atoms with Crippen molar-refractivity contribution in [3.63, 3.8) is 0 Å². The maximum atomic E-state index is 10.8. The van der Waals surface area contributed by atoms with Gasteiger partial charge in [0.05, 0.1) is 6.54 Å². The summed E-state index contributed by atoms with van der Waals surface area (Å²) in [5.41, 5.74) is 0. The lowest BCUT2D eigenvalue weighted by molar-refractivity contribution is 0.216. The molecule has 3 nitrogen and oxygen atoms in total. The Balaban J connectivity index is 2.20. The third-order valence-electron chi connectivity index (χ3n) is 1.67. The van der Waals surface area contributed by atoms with Crippen LogP contribution in [0.4, 0.5) is 4.79 Å². The van der Waals surface area contributed by atoms with E-state index in [9.17, 15) is 4.79 Å². The molecular weight excluding hydrogens is 128 g/mol. The third kappa shape index (κ3) is 1.62. The summed E-state index contributed by atoms with van der Waals surface area (Å²) in [6.07, 6.45) is 2.24. The van der Waals surface area contributed by atoms with Gasteiger partial charge in [-0.05, 0) is 6.42 Å². The van der Waals surface area contributed by atoms with Crippen molar-refractivity contribution >= 4 is 6.03 Å². The van der Waals surface area contributed by atoms with Crippen molar-refractivity contribution in [2.75, 3.05) is 19.6 Å². The molecular formula is C7H13N2O. The number of nitrogens with zero attached hydrogens (tertiary/aromatic N) is 2. The first-order chi connectivity index (χ1) is 4.84. The molecule has 3 heteroatoms. The predicted molar refractivity (Wildman–Crippen MR) is 38.9 cm³/mol. The SMILES string of the molecule is CCCCN1CC[N]C1=O. The Bertz CT molecular complexity index is 125. The Morgan fingerprint density at radius 3 is 3.00 bits per heavy atom. The topological polar surface area (TPSA) is 34.4 Å². The predicted octanol–water partition coefficient (Wildman–Crippen LogP) is 0.827. The summed E-state index contributed by atoms with van der Waals surface area (Å²) in [6.45, 7) is 4.54. The van der Waals surface area contributed by atoms with E-state index in [1.54, 1.807) is 0 Å². The Hall–Kier alpha value is -0.730. The molecule has 0 aromatic heterocycles. The van der Waals surface area contributed by atoms with Gasteiger partial charge in [-0.25, -0.2) is 10.1 Å². The normalized spacial score (nSPS) is 17.7.